The number of nitrogens with zero attached hydrogens (tertiary/aromatic N) is 2. The van der Waals surface area contributed by atoms with E-state index in [1.54, 1.807) is 7.11 Å². The molecule has 0 radical (unpaired) electrons. The predicted molar refractivity (Wildman–Crippen MR) is 85.0 cm³/mol. The van der Waals surface area contributed by atoms with Crippen molar-refractivity contribution in [1.82, 2.24) is 4.90 Å². The minimum absolute atomic E-state index is 0.0123. The summed E-state index contributed by atoms with van der Waals surface area (Å²) in [5.74, 6) is 2.28. The summed E-state index contributed by atoms with van der Waals surface area (Å²) in [5.41, 5.74) is 6.03. The van der Waals surface area contributed by atoms with Crippen molar-refractivity contribution in [1.29, 1.82) is 0 Å². The van der Waals surface area contributed by atoms with Gasteiger partial charge < -0.3 is 20.1 Å². The molecule has 1 heterocycles. The smallest absolute Gasteiger partial charge is 0.191 e. The molecule has 1 saturated heterocycles. The van der Waals surface area contributed by atoms with Gasteiger partial charge in [0.15, 0.2) is 5.96 Å². The van der Waals surface area contributed by atoms with E-state index in [4.69, 9.17) is 15.2 Å². The molecule has 1 unspecified atom stereocenters. The molecular weight excluding hydrogens is 266 g/mol. The molecule has 1 fully saturated rings. The minimum Gasteiger partial charge on any atom is -0.497 e. The van der Waals surface area contributed by atoms with Crippen molar-refractivity contribution < 1.29 is 9.47 Å². The van der Waals surface area contributed by atoms with Crippen molar-refractivity contribution in [2.75, 3.05) is 26.7 Å². The lowest BCUT2D eigenvalue weighted by atomic mass is 10.1. The second-order valence-electron chi connectivity index (χ2n) is 5.35. The fourth-order valence-electron chi connectivity index (χ4n) is 2.37. The highest BCUT2D eigenvalue weighted by Crippen LogP contribution is 2.18. The molecule has 2 rings (SSSR count). The summed E-state index contributed by atoms with van der Waals surface area (Å²) in [6.07, 6.45) is 3.69. The second-order valence-corrected chi connectivity index (χ2v) is 5.35. The maximum atomic E-state index is 6.03. The van der Waals surface area contributed by atoms with Crippen LogP contribution in [0.2, 0.25) is 0 Å². The van der Waals surface area contributed by atoms with Gasteiger partial charge in [-0.3, -0.25) is 0 Å². The van der Waals surface area contributed by atoms with Gasteiger partial charge in [0.1, 0.15) is 17.6 Å². The van der Waals surface area contributed by atoms with Gasteiger partial charge in [0.25, 0.3) is 0 Å². The molecule has 5 nitrogen and oxygen atoms in total. The number of guanidine groups is 1. The summed E-state index contributed by atoms with van der Waals surface area (Å²) in [7, 11) is 1.65. The van der Waals surface area contributed by atoms with Gasteiger partial charge in [-0.15, -0.1) is 0 Å². The fourth-order valence-corrected chi connectivity index (χ4v) is 2.37. The van der Waals surface area contributed by atoms with Crippen LogP contribution in [-0.2, 0) is 0 Å². The highest BCUT2D eigenvalue weighted by molar-refractivity contribution is 5.78. The molecule has 0 saturated carbocycles. The van der Waals surface area contributed by atoms with Gasteiger partial charge >= 0.3 is 0 Å². The SMILES string of the molecule is COc1ccc(OC(C)CN=C(N)N2CCCCC2)cc1. The Morgan fingerprint density at radius 1 is 1.19 bits per heavy atom. The van der Waals surface area contributed by atoms with E-state index in [0.717, 1.165) is 24.6 Å². The maximum absolute atomic E-state index is 6.03. The Kier molecular flexibility index (Phi) is 5.72. The molecule has 1 aromatic carbocycles. The number of benzene rings is 1. The van der Waals surface area contributed by atoms with Gasteiger partial charge in [0, 0.05) is 13.1 Å². The molecule has 1 aromatic rings. The maximum Gasteiger partial charge on any atom is 0.191 e. The normalized spacial score (nSPS) is 17.4. The van der Waals surface area contributed by atoms with E-state index in [1.807, 2.05) is 31.2 Å². The molecule has 0 amide bonds. The summed E-state index contributed by atoms with van der Waals surface area (Å²) in [6.45, 7) is 4.59. The minimum atomic E-state index is -0.0123. The van der Waals surface area contributed by atoms with Crippen molar-refractivity contribution in [3.05, 3.63) is 24.3 Å². The molecule has 0 aliphatic carbocycles. The largest absolute Gasteiger partial charge is 0.497 e. The van der Waals surface area contributed by atoms with Gasteiger partial charge in [-0.2, -0.15) is 0 Å². The molecule has 0 bridgehead atoms. The molecule has 116 valence electrons. The first kappa shape index (κ1) is 15.5. The number of rotatable bonds is 5. The number of hydrogen-bond donors (Lipinski definition) is 1. The van der Waals surface area contributed by atoms with Gasteiger partial charge in [-0.05, 0) is 50.5 Å². The van der Waals surface area contributed by atoms with E-state index in [0.29, 0.717) is 12.5 Å². The lowest BCUT2D eigenvalue weighted by Crippen LogP contribution is -2.41. The first-order valence-electron chi connectivity index (χ1n) is 7.54. The third-order valence-electron chi connectivity index (χ3n) is 3.59. The Hall–Kier alpha value is -1.91. The molecule has 2 N–H and O–H groups in total. The van der Waals surface area contributed by atoms with E-state index >= 15 is 0 Å². The Bertz CT molecular complexity index is 453. The predicted octanol–water partition coefficient (Wildman–Crippen LogP) is 2.26. The first-order valence-corrected chi connectivity index (χ1v) is 7.54. The number of hydrogen-bond acceptors (Lipinski definition) is 3. The molecule has 5 heteroatoms. The monoisotopic (exact) mass is 291 g/mol. The van der Waals surface area contributed by atoms with Crippen LogP contribution in [-0.4, -0.2) is 43.7 Å². The Morgan fingerprint density at radius 2 is 1.81 bits per heavy atom. The molecule has 0 spiro atoms. The van der Waals surface area contributed by atoms with Gasteiger partial charge in [0.05, 0.1) is 13.7 Å². The third-order valence-corrected chi connectivity index (χ3v) is 3.59. The van der Waals surface area contributed by atoms with Gasteiger partial charge in [-0.1, -0.05) is 0 Å². The van der Waals surface area contributed by atoms with Crippen LogP contribution in [0.5, 0.6) is 11.5 Å². The van der Waals surface area contributed by atoms with Crippen LogP contribution in [0.15, 0.2) is 29.3 Å². The number of ether oxygens (including phenoxy) is 2. The second kappa shape index (κ2) is 7.76. The summed E-state index contributed by atoms with van der Waals surface area (Å²) in [5, 5.41) is 0. The van der Waals surface area contributed by atoms with Crippen molar-refractivity contribution in [3.8, 4) is 11.5 Å². The van der Waals surface area contributed by atoms with Gasteiger partial charge in [-0.25, -0.2) is 4.99 Å². The third kappa shape index (κ3) is 4.85. The number of nitrogens with two attached hydrogens (primary N) is 1. The van der Waals surface area contributed by atoms with E-state index in [9.17, 15) is 0 Å². The number of likely N-dealkylation sites (tertiary alicyclic amines) is 1. The van der Waals surface area contributed by atoms with Gasteiger partial charge in [0.2, 0.25) is 0 Å². The molecular formula is C16H25N3O2. The highest BCUT2D eigenvalue weighted by Gasteiger charge is 2.12. The number of methoxy groups -OCH3 is 1. The van der Waals surface area contributed by atoms with Crippen LogP contribution in [0.1, 0.15) is 26.2 Å². The van der Waals surface area contributed by atoms with Crippen LogP contribution >= 0.6 is 0 Å². The fraction of sp³-hybridized carbons (Fsp3) is 0.562. The van der Waals surface area contributed by atoms with E-state index in [1.165, 1.54) is 19.3 Å². The first-order chi connectivity index (χ1) is 10.2. The average Bonchev–Trinajstić information content (AvgIpc) is 2.54. The zero-order valence-electron chi connectivity index (χ0n) is 12.9. The van der Waals surface area contributed by atoms with Crippen molar-refractivity contribution in [2.45, 2.75) is 32.3 Å². The van der Waals surface area contributed by atoms with Crippen LogP contribution in [0.25, 0.3) is 0 Å². The zero-order valence-corrected chi connectivity index (χ0v) is 12.9. The Balaban J connectivity index is 1.81. The summed E-state index contributed by atoms with van der Waals surface area (Å²) < 4.78 is 10.9. The number of aliphatic imine (C=N–C) groups is 1. The lowest BCUT2D eigenvalue weighted by molar-refractivity contribution is 0.229. The summed E-state index contributed by atoms with van der Waals surface area (Å²) >= 11 is 0. The Morgan fingerprint density at radius 3 is 2.43 bits per heavy atom. The quantitative estimate of drug-likeness (QED) is 0.668. The van der Waals surface area contributed by atoms with E-state index in [-0.39, 0.29) is 6.10 Å². The Labute approximate surface area is 126 Å². The molecule has 0 aromatic heterocycles. The van der Waals surface area contributed by atoms with E-state index < -0.39 is 0 Å². The van der Waals surface area contributed by atoms with Crippen LogP contribution in [0, 0.1) is 0 Å². The molecule has 1 aliphatic rings. The highest BCUT2D eigenvalue weighted by atomic mass is 16.5. The van der Waals surface area contributed by atoms with Crippen LogP contribution in [0.4, 0.5) is 0 Å². The standard InChI is InChI=1S/C16H25N3O2/c1-13(21-15-8-6-14(20-2)7-9-15)12-18-16(17)19-10-4-3-5-11-19/h6-9,13H,3-5,10-12H2,1-2H3,(H2,17,18). The summed E-state index contributed by atoms with van der Waals surface area (Å²) in [4.78, 5) is 6.60. The summed E-state index contributed by atoms with van der Waals surface area (Å²) in [6, 6.07) is 7.56. The number of piperidine rings is 1. The molecule has 1 aliphatic heterocycles. The van der Waals surface area contributed by atoms with Crippen LogP contribution < -0.4 is 15.2 Å². The average molecular weight is 291 g/mol. The lowest BCUT2D eigenvalue weighted by Gasteiger charge is -2.27. The van der Waals surface area contributed by atoms with E-state index in [2.05, 4.69) is 9.89 Å². The molecule has 21 heavy (non-hydrogen) atoms. The molecule has 1 atom stereocenters. The zero-order chi connectivity index (χ0) is 15.1. The van der Waals surface area contributed by atoms with Crippen molar-refractivity contribution >= 4 is 5.96 Å². The van der Waals surface area contributed by atoms with Crippen molar-refractivity contribution in [3.63, 3.8) is 0 Å². The van der Waals surface area contributed by atoms with Crippen molar-refractivity contribution in [2.24, 2.45) is 10.7 Å². The topological polar surface area (TPSA) is 60.1 Å². The van der Waals surface area contributed by atoms with Crippen LogP contribution in [0.3, 0.4) is 0 Å².